The van der Waals surface area contributed by atoms with Gasteiger partial charge in [-0.05, 0) is 31.1 Å². The maximum atomic E-state index is 5.90. The summed E-state index contributed by atoms with van der Waals surface area (Å²) < 4.78 is 0. The molecule has 0 aromatic rings. The van der Waals surface area contributed by atoms with Gasteiger partial charge in [0, 0.05) is 6.04 Å². The van der Waals surface area contributed by atoms with Crippen LogP contribution in [0.5, 0.6) is 0 Å². The normalized spacial score (nSPS) is 33.8. The van der Waals surface area contributed by atoms with Crippen LogP contribution in [0.3, 0.4) is 0 Å². The van der Waals surface area contributed by atoms with Crippen molar-refractivity contribution in [3.8, 4) is 0 Å². The molecule has 0 aromatic heterocycles. The Labute approximate surface area is 70.4 Å². The van der Waals surface area contributed by atoms with Crippen molar-refractivity contribution in [2.24, 2.45) is 17.6 Å². The van der Waals surface area contributed by atoms with E-state index in [1.165, 1.54) is 32.1 Å². The lowest BCUT2D eigenvalue weighted by molar-refractivity contribution is 0.341. The number of rotatable bonds is 1. The molecule has 2 atom stereocenters. The Hall–Kier alpha value is -0.0400. The summed E-state index contributed by atoms with van der Waals surface area (Å²) in [4.78, 5) is 0. The Morgan fingerprint density at radius 2 is 1.82 bits per heavy atom. The third-order valence-corrected chi connectivity index (χ3v) is 3.00. The first kappa shape index (κ1) is 9.05. The van der Waals surface area contributed by atoms with E-state index in [4.69, 9.17) is 5.73 Å². The van der Waals surface area contributed by atoms with E-state index in [2.05, 4.69) is 13.8 Å². The largest absolute Gasteiger partial charge is 0.328 e. The molecule has 0 spiro atoms. The number of nitrogens with two attached hydrogens (primary N) is 1. The van der Waals surface area contributed by atoms with Gasteiger partial charge in [0.1, 0.15) is 0 Å². The van der Waals surface area contributed by atoms with E-state index < -0.39 is 0 Å². The monoisotopic (exact) mass is 155 g/mol. The maximum Gasteiger partial charge on any atom is 0.00389 e. The van der Waals surface area contributed by atoms with E-state index in [-0.39, 0.29) is 0 Å². The molecule has 2 N–H and O–H groups in total. The van der Waals surface area contributed by atoms with E-state index >= 15 is 0 Å². The molecule has 0 saturated heterocycles. The summed E-state index contributed by atoms with van der Waals surface area (Å²) in [5, 5.41) is 0. The highest BCUT2D eigenvalue weighted by Crippen LogP contribution is 2.27. The molecule has 1 rings (SSSR count). The van der Waals surface area contributed by atoms with Gasteiger partial charge in [-0.3, -0.25) is 0 Å². The summed E-state index contributed by atoms with van der Waals surface area (Å²) in [6, 6.07) is 0.499. The van der Waals surface area contributed by atoms with Crippen molar-refractivity contribution in [1.82, 2.24) is 0 Å². The second-order valence-corrected chi connectivity index (χ2v) is 4.27. The van der Waals surface area contributed by atoms with Gasteiger partial charge in [-0.2, -0.15) is 0 Å². The van der Waals surface area contributed by atoms with Crippen LogP contribution in [0.2, 0.25) is 0 Å². The van der Waals surface area contributed by atoms with Gasteiger partial charge >= 0.3 is 0 Å². The summed E-state index contributed by atoms with van der Waals surface area (Å²) in [6.45, 7) is 4.67. The Bertz CT molecular complexity index is 109. The number of hydrogen-bond acceptors (Lipinski definition) is 1. The smallest absolute Gasteiger partial charge is 0.00389 e. The van der Waals surface area contributed by atoms with Crippen LogP contribution in [-0.4, -0.2) is 6.04 Å². The van der Waals surface area contributed by atoms with Gasteiger partial charge in [0.2, 0.25) is 0 Å². The summed E-state index contributed by atoms with van der Waals surface area (Å²) >= 11 is 0. The van der Waals surface area contributed by atoms with Crippen LogP contribution in [-0.2, 0) is 0 Å². The first-order valence-corrected chi connectivity index (χ1v) is 4.95. The van der Waals surface area contributed by atoms with Crippen LogP contribution in [0.15, 0.2) is 0 Å². The van der Waals surface area contributed by atoms with Gasteiger partial charge in [-0.1, -0.05) is 26.7 Å². The van der Waals surface area contributed by atoms with Gasteiger partial charge in [0.05, 0.1) is 0 Å². The summed E-state index contributed by atoms with van der Waals surface area (Å²) in [5.41, 5.74) is 5.90. The van der Waals surface area contributed by atoms with Crippen molar-refractivity contribution < 1.29 is 0 Å². The van der Waals surface area contributed by atoms with Crippen molar-refractivity contribution in [1.29, 1.82) is 0 Å². The second-order valence-electron chi connectivity index (χ2n) is 4.27. The lowest BCUT2D eigenvalue weighted by Gasteiger charge is -2.17. The fourth-order valence-corrected chi connectivity index (χ4v) is 2.03. The summed E-state index contributed by atoms with van der Waals surface area (Å²) in [7, 11) is 0. The van der Waals surface area contributed by atoms with E-state index in [9.17, 15) is 0 Å². The van der Waals surface area contributed by atoms with Crippen molar-refractivity contribution in [2.45, 2.75) is 52.0 Å². The maximum absolute atomic E-state index is 5.90. The van der Waals surface area contributed by atoms with Gasteiger partial charge in [0.25, 0.3) is 0 Å². The van der Waals surface area contributed by atoms with Crippen molar-refractivity contribution in [3.05, 3.63) is 0 Å². The van der Waals surface area contributed by atoms with E-state index in [1.54, 1.807) is 0 Å². The minimum absolute atomic E-state index is 0.499. The molecule has 1 fully saturated rings. The van der Waals surface area contributed by atoms with Gasteiger partial charge in [0.15, 0.2) is 0 Å². The average Bonchev–Trinajstić information content (AvgIpc) is 2.13. The molecule has 0 aromatic carbocycles. The van der Waals surface area contributed by atoms with E-state index in [1.807, 2.05) is 0 Å². The topological polar surface area (TPSA) is 26.0 Å². The molecule has 0 heterocycles. The Balaban J connectivity index is 2.34. The highest BCUT2D eigenvalue weighted by atomic mass is 14.6. The molecule has 1 nitrogen and oxygen atoms in total. The van der Waals surface area contributed by atoms with Crippen LogP contribution in [0.1, 0.15) is 46.0 Å². The predicted molar refractivity (Wildman–Crippen MR) is 49.4 cm³/mol. The molecule has 1 heteroatoms. The van der Waals surface area contributed by atoms with Gasteiger partial charge in [-0.25, -0.2) is 0 Å². The van der Waals surface area contributed by atoms with E-state index in [0.717, 1.165) is 11.8 Å². The van der Waals surface area contributed by atoms with Crippen LogP contribution >= 0.6 is 0 Å². The fraction of sp³-hybridized carbons (Fsp3) is 1.00. The molecule has 1 aliphatic rings. The highest BCUT2D eigenvalue weighted by molar-refractivity contribution is 4.73. The first-order chi connectivity index (χ1) is 5.20. The molecule has 0 amide bonds. The Kier molecular flexibility index (Phi) is 3.38. The zero-order valence-electron chi connectivity index (χ0n) is 7.84. The van der Waals surface area contributed by atoms with Crippen molar-refractivity contribution >= 4 is 0 Å². The molecular formula is C10H21N. The summed E-state index contributed by atoms with van der Waals surface area (Å²) in [5.74, 6) is 1.81. The predicted octanol–water partition coefficient (Wildman–Crippen LogP) is 2.55. The van der Waals surface area contributed by atoms with Gasteiger partial charge < -0.3 is 5.73 Å². The molecule has 0 aliphatic heterocycles. The zero-order chi connectivity index (χ0) is 8.27. The Morgan fingerprint density at radius 3 is 2.45 bits per heavy atom. The lowest BCUT2D eigenvalue weighted by atomic mass is 9.89. The third kappa shape index (κ3) is 2.82. The first-order valence-electron chi connectivity index (χ1n) is 4.95. The molecule has 11 heavy (non-hydrogen) atoms. The zero-order valence-corrected chi connectivity index (χ0v) is 7.84. The molecule has 0 bridgehead atoms. The summed E-state index contributed by atoms with van der Waals surface area (Å²) in [6.07, 6.45) is 6.63. The third-order valence-electron chi connectivity index (χ3n) is 3.00. The van der Waals surface area contributed by atoms with Crippen molar-refractivity contribution in [3.63, 3.8) is 0 Å². The fourth-order valence-electron chi connectivity index (χ4n) is 2.03. The quantitative estimate of drug-likeness (QED) is 0.579. The molecule has 1 aliphatic carbocycles. The molecular weight excluding hydrogens is 134 g/mol. The minimum Gasteiger partial charge on any atom is -0.328 e. The standard InChI is InChI=1S/C10H21N/c1-8(2)9-4-3-5-10(11)7-6-9/h8-10H,3-7,11H2,1-2H3/t9-,10?/m0/s1. The second kappa shape index (κ2) is 4.10. The highest BCUT2D eigenvalue weighted by Gasteiger charge is 2.18. The lowest BCUT2D eigenvalue weighted by Crippen LogP contribution is -2.18. The van der Waals surface area contributed by atoms with E-state index in [0.29, 0.717) is 6.04 Å². The Morgan fingerprint density at radius 1 is 1.09 bits per heavy atom. The molecule has 66 valence electrons. The van der Waals surface area contributed by atoms with Gasteiger partial charge in [-0.15, -0.1) is 0 Å². The van der Waals surface area contributed by atoms with Crippen LogP contribution in [0, 0.1) is 11.8 Å². The average molecular weight is 155 g/mol. The molecule has 1 saturated carbocycles. The van der Waals surface area contributed by atoms with Crippen molar-refractivity contribution in [2.75, 3.05) is 0 Å². The van der Waals surface area contributed by atoms with Crippen LogP contribution in [0.4, 0.5) is 0 Å². The SMILES string of the molecule is CC(C)[C@H]1CCCC(N)CC1. The number of hydrogen-bond donors (Lipinski definition) is 1. The van der Waals surface area contributed by atoms with Crippen LogP contribution < -0.4 is 5.73 Å². The van der Waals surface area contributed by atoms with Crippen LogP contribution in [0.25, 0.3) is 0 Å². The molecule has 0 radical (unpaired) electrons. The molecule has 1 unspecified atom stereocenters. The minimum atomic E-state index is 0.499.